The van der Waals surface area contributed by atoms with Gasteiger partial charge >= 0.3 is 0 Å². The van der Waals surface area contributed by atoms with Crippen LogP contribution in [0.2, 0.25) is 0 Å². The number of piperazine rings is 1. The Kier molecular flexibility index (Phi) is 3.93. The lowest BCUT2D eigenvalue weighted by Gasteiger charge is -2.39. The van der Waals surface area contributed by atoms with Crippen LogP contribution in [0.5, 0.6) is 0 Å². The first-order valence-electron chi connectivity index (χ1n) is 8.44. The maximum Gasteiger partial charge on any atom is 0.276 e. The Hall–Kier alpha value is -2.41. The molecule has 1 unspecified atom stereocenters. The van der Waals surface area contributed by atoms with E-state index in [1.54, 1.807) is 10.9 Å². The van der Waals surface area contributed by atoms with E-state index in [9.17, 15) is 9.59 Å². The van der Waals surface area contributed by atoms with Gasteiger partial charge in [0.05, 0.1) is 0 Å². The summed E-state index contributed by atoms with van der Waals surface area (Å²) in [4.78, 5) is 32.1. The maximum absolute atomic E-state index is 12.8. The van der Waals surface area contributed by atoms with Crippen molar-refractivity contribution in [2.24, 2.45) is 0 Å². The number of nitrogens with zero attached hydrogens (tertiary/aromatic N) is 4. The molecule has 0 bridgehead atoms. The first-order chi connectivity index (χ1) is 11.8. The maximum atomic E-state index is 12.8. The number of aromatic nitrogens is 3. The summed E-state index contributed by atoms with van der Waals surface area (Å²) in [5.74, 6) is 0.632. The standard InChI is InChI=1S/C17H21N5O2/c23-12-20-7-9-21(10-8-20)13-4-5-15-14(11-13)17(24)22(19-15)16-3-1-2-6-18-16/h1-3,6,12-13,19H,4-5,7-11H2. The topological polar surface area (TPSA) is 74.2 Å². The molecule has 0 radical (unpaired) electrons. The number of hydrogen-bond acceptors (Lipinski definition) is 4. The van der Waals surface area contributed by atoms with Crippen LogP contribution in [-0.4, -0.2) is 63.2 Å². The number of amides is 1. The fourth-order valence-corrected chi connectivity index (χ4v) is 3.75. The van der Waals surface area contributed by atoms with Crippen molar-refractivity contribution in [2.45, 2.75) is 25.3 Å². The molecule has 2 aromatic rings. The molecule has 1 N–H and O–H groups in total. The second-order valence-electron chi connectivity index (χ2n) is 6.47. The van der Waals surface area contributed by atoms with E-state index in [2.05, 4.69) is 15.0 Å². The van der Waals surface area contributed by atoms with Gasteiger partial charge in [-0.1, -0.05) is 6.07 Å². The van der Waals surface area contributed by atoms with Crippen LogP contribution in [0.4, 0.5) is 0 Å². The molecule has 1 aliphatic heterocycles. The Morgan fingerprint density at radius 3 is 2.75 bits per heavy atom. The molecule has 1 amide bonds. The summed E-state index contributed by atoms with van der Waals surface area (Å²) < 4.78 is 1.55. The molecule has 126 valence electrons. The molecule has 3 heterocycles. The van der Waals surface area contributed by atoms with Crippen molar-refractivity contribution in [3.05, 3.63) is 46.0 Å². The molecule has 7 nitrogen and oxygen atoms in total. The third kappa shape index (κ3) is 2.65. The molecular weight excluding hydrogens is 306 g/mol. The van der Waals surface area contributed by atoms with E-state index in [0.717, 1.165) is 63.1 Å². The summed E-state index contributed by atoms with van der Waals surface area (Å²) in [6, 6.07) is 5.93. The number of pyridine rings is 1. The predicted octanol–water partition coefficient (Wildman–Crippen LogP) is 0.192. The highest BCUT2D eigenvalue weighted by molar-refractivity contribution is 5.47. The molecule has 4 rings (SSSR count). The van der Waals surface area contributed by atoms with Crippen LogP contribution in [0.15, 0.2) is 29.2 Å². The molecular formula is C17H21N5O2. The average Bonchev–Trinajstić information content (AvgIpc) is 2.99. The number of H-pyrrole nitrogens is 1. The number of nitrogens with one attached hydrogen (secondary N) is 1. The van der Waals surface area contributed by atoms with E-state index < -0.39 is 0 Å². The Labute approximate surface area is 139 Å². The van der Waals surface area contributed by atoms with Crippen LogP contribution < -0.4 is 5.56 Å². The van der Waals surface area contributed by atoms with Gasteiger partial charge in [-0.3, -0.25) is 19.6 Å². The quantitative estimate of drug-likeness (QED) is 0.817. The fraction of sp³-hybridized carbons (Fsp3) is 0.471. The zero-order valence-electron chi connectivity index (χ0n) is 13.5. The minimum absolute atomic E-state index is 0.0138. The molecule has 1 aliphatic carbocycles. The van der Waals surface area contributed by atoms with Crippen molar-refractivity contribution >= 4 is 6.41 Å². The summed E-state index contributed by atoms with van der Waals surface area (Å²) in [6.07, 6.45) is 5.30. The average molecular weight is 327 g/mol. The third-order valence-electron chi connectivity index (χ3n) is 5.13. The first kappa shape index (κ1) is 15.1. The van der Waals surface area contributed by atoms with Crippen LogP contribution in [0.25, 0.3) is 5.82 Å². The summed E-state index contributed by atoms with van der Waals surface area (Å²) in [7, 11) is 0. The lowest BCUT2D eigenvalue weighted by Crippen LogP contribution is -2.51. The van der Waals surface area contributed by atoms with E-state index in [1.165, 1.54) is 0 Å². The van der Waals surface area contributed by atoms with Gasteiger partial charge in [0.2, 0.25) is 6.41 Å². The SMILES string of the molecule is O=CN1CCN(C2CCc3[nH]n(-c4ccccn4)c(=O)c3C2)CC1. The van der Waals surface area contributed by atoms with Gasteiger partial charge in [-0.05, 0) is 31.4 Å². The van der Waals surface area contributed by atoms with Crippen molar-refractivity contribution in [1.29, 1.82) is 0 Å². The third-order valence-corrected chi connectivity index (χ3v) is 5.13. The molecule has 1 atom stereocenters. The molecule has 0 saturated carbocycles. The molecule has 2 aliphatic rings. The Morgan fingerprint density at radius 1 is 1.21 bits per heavy atom. The Morgan fingerprint density at radius 2 is 2.04 bits per heavy atom. The molecule has 1 saturated heterocycles. The summed E-state index contributed by atoms with van der Waals surface area (Å²) in [6.45, 7) is 3.32. The van der Waals surface area contributed by atoms with Crippen LogP contribution in [0, 0.1) is 0 Å². The highest BCUT2D eigenvalue weighted by atomic mass is 16.1. The lowest BCUT2D eigenvalue weighted by atomic mass is 9.92. The second-order valence-corrected chi connectivity index (χ2v) is 6.47. The molecule has 0 spiro atoms. The minimum atomic E-state index is 0.0138. The van der Waals surface area contributed by atoms with E-state index in [4.69, 9.17) is 0 Å². The van der Waals surface area contributed by atoms with Gasteiger partial charge in [0.1, 0.15) is 0 Å². The van der Waals surface area contributed by atoms with Crippen LogP contribution >= 0.6 is 0 Å². The fourth-order valence-electron chi connectivity index (χ4n) is 3.75. The largest absolute Gasteiger partial charge is 0.343 e. The van der Waals surface area contributed by atoms with Gasteiger partial charge < -0.3 is 4.90 Å². The summed E-state index contributed by atoms with van der Waals surface area (Å²) in [5, 5.41) is 3.23. The Balaban J connectivity index is 1.54. The van der Waals surface area contributed by atoms with E-state index in [0.29, 0.717) is 11.9 Å². The molecule has 2 aromatic heterocycles. The van der Waals surface area contributed by atoms with Crippen LogP contribution in [0.1, 0.15) is 17.7 Å². The van der Waals surface area contributed by atoms with Crippen molar-refractivity contribution in [3.8, 4) is 5.82 Å². The van der Waals surface area contributed by atoms with Crippen molar-refractivity contribution in [1.82, 2.24) is 24.6 Å². The lowest BCUT2D eigenvalue weighted by molar-refractivity contribution is -0.120. The molecule has 0 aromatic carbocycles. The minimum Gasteiger partial charge on any atom is -0.343 e. The number of aryl methyl sites for hydroxylation is 1. The van der Waals surface area contributed by atoms with Crippen LogP contribution in [0.3, 0.4) is 0 Å². The van der Waals surface area contributed by atoms with Crippen LogP contribution in [-0.2, 0) is 17.6 Å². The number of hydrogen-bond donors (Lipinski definition) is 1. The molecule has 24 heavy (non-hydrogen) atoms. The second kappa shape index (κ2) is 6.24. The smallest absolute Gasteiger partial charge is 0.276 e. The molecule has 1 fully saturated rings. The zero-order valence-corrected chi connectivity index (χ0v) is 13.5. The highest BCUT2D eigenvalue weighted by Gasteiger charge is 2.30. The number of rotatable bonds is 3. The van der Waals surface area contributed by atoms with Gasteiger partial charge in [-0.2, -0.15) is 0 Å². The molecule has 7 heteroatoms. The van der Waals surface area contributed by atoms with Gasteiger partial charge in [-0.25, -0.2) is 9.67 Å². The van der Waals surface area contributed by atoms with Crippen molar-refractivity contribution in [3.63, 3.8) is 0 Å². The van der Waals surface area contributed by atoms with Crippen molar-refractivity contribution in [2.75, 3.05) is 26.2 Å². The normalized spacial score (nSPS) is 21.5. The van der Waals surface area contributed by atoms with Gasteiger partial charge in [0, 0.05) is 49.7 Å². The monoisotopic (exact) mass is 327 g/mol. The predicted molar refractivity (Wildman–Crippen MR) is 89.2 cm³/mol. The Bertz CT molecular complexity index is 774. The summed E-state index contributed by atoms with van der Waals surface area (Å²) in [5.41, 5.74) is 1.93. The highest BCUT2D eigenvalue weighted by Crippen LogP contribution is 2.22. The number of fused-ring (bicyclic) bond motifs is 1. The van der Waals surface area contributed by atoms with Crippen molar-refractivity contribution < 1.29 is 4.79 Å². The van der Waals surface area contributed by atoms with E-state index in [-0.39, 0.29) is 5.56 Å². The number of carbonyl (C=O) groups is 1. The first-order valence-corrected chi connectivity index (χ1v) is 8.44. The van der Waals surface area contributed by atoms with Gasteiger partial charge in [-0.15, -0.1) is 0 Å². The van der Waals surface area contributed by atoms with Gasteiger partial charge in [0.25, 0.3) is 5.56 Å². The van der Waals surface area contributed by atoms with Gasteiger partial charge in [0.15, 0.2) is 5.82 Å². The van der Waals surface area contributed by atoms with E-state index >= 15 is 0 Å². The number of carbonyl (C=O) groups excluding carboxylic acids is 1. The summed E-state index contributed by atoms with van der Waals surface area (Å²) >= 11 is 0. The zero-order chi connectivity index (χ0) is 16.5. The number of aromatic amines is 1. The van der Waals surface area contributed by atoms with E-state index in [1.807, 2.05) is 23.1 Å².